The molecule has 2 aliphatic rings. The summed E-state index contributed by atoms with van der Waals surface area (Å²) in [7, 11) is 0. The number of amides is 1. The van der Waals surface area contributed by atoms with Crippen LogP contribution in [0, 0.1) is 12.8 Å². The molecule has 1 saturated carbocycles. The van der Waals surface area contributed by atoms with Gasteiger partial charge in [0, 0.05) is 26.2 Å². The Kier molecular flexibility index (Phi) is 6.24. The minimum Gasteiger partial charge on any atom is -0.368 e. The maximum atomic E-state index is 12.5. The van der Waals surface area contributed by atoms with Crippen LogP contribution in [0.5, 0.6) is 0 Å². The number of aromatic nitrogens is 2. The van der Waals surface area contributed by atoms with Crippen LogP contribution in [-0.4, -0.2) is 59.9 Å². The third-order valence-corrected chi connectivity index (χ3v) is 5.29. The van der Waals surface area contributed by atoms with Crippen LogP contribution in [0.2, 0.25) is 0 Å². The number of hydrogen-bond acceptors (Lipinski definition) is 5. The fourth-order valence-corrected chi connectivity index (χ4v) is 3.77. The van der Waals surface area contributed by atoms with Crippen molar-refractivity contribution in [3.63, 3.8) is 0 Å². The summed E-state index contributed by atoms with van der Waals surface area (Å²) in [6.07, 6.45) is 5.90. The second-order valence-corrected chi connectivity index (χ2v) is 7.46. The highest BCUT2D eigenvalue weighted by Gasteiger charge is 2.23. The fraction of sp³-hybridized carbons (Fsp3) is 0.737. The Bertz CT molecular complexity index is 563. The minimum atomic E-state index is 0.120. The molecule has 3 rings (SSSR count). The van der Waals surface area contributed by atoms with Crippen LogP contribution in [0.4, 0.5) is 5.82 Å². The van der Waals surface area contributed by atoms with E-state index in [4.69, 9.17) is 4.74 Å². The molecule has 1 aliphatic heterocycles. The molecule has 6 nitrogen and oxygen atoms in total. The van der Waals surface area contributed by atoms with Crippen molar-refractivity contribution in [2.75, 3.05) is 37.7 Å². The topological polar surface area (TPSA) is 58.6 Å². The van der Waals surface area contributed by atoms with E-state index < -0.39 is 0 Å². The molecular formula is C19H30N4O2. The molecule has 138 valence electrons. The number of rotatable bonds is 4. The standard InChI is InChI=1S/C19H30N4O2/c1-15-5-3-6-17(13-15)25-14-19(24)23-10-4-9-22(11-12-23)18-8-7-16(2)20-21-18/h7-8,15,17H,3-6,9-14H2,1-2H3/t15-,17+/m1/s1. The molecule has 1 aromatic rings. The van der Waals surface area contributed by atoms with E-state index in [1.165, 1.54) is 12.8 Å². The van der Waals surface area contributed by atoms with Crippen LogP contribution >= 0.6 is 0 Å². The van der Waals surface area contributed by atoms with Gasteiger partial charge in [-0.3, -0.25) is 4.79 Å². The zero-order chi connectivity index (χ0) is 17.6. The molecule has 2 fully saturated rings. The lowest BCUT2D eigenvalue weighted by Crippen LogP contribution is -2.38. The van der Waals surface area contributed by atoms with Gasteiger partial charge in [-0.05, 0) is 44.2 Å². The van der Waals surface area contributed by atoms with E-state index in [-0.39, 0.29) is 18.6 Å². The van der Waals surface area contributed by atoms with Gasteiger partial charge in [0.2, 0.25) is 5.91 Å². The van der Waals surface area contributed by atoms with Crippen molar-refractivity contribution in [2.45, 2.75) is 52.1 Å². The highest BCUT2D eigenvalue weighted by atomic mass is 16.5. The van der Waals surface area contributed by atoms with Crippen LogP contribution in [0.1, 0.15) is 44.7 Å². The Morgan fingerprint density at radius 3 is 2.80 bits per heavy atom. The summed E-state index contributed by atoms with van der Waals surface area (Å²) < 4.78 is 5.91. The Morgan fingerprint density at radius 2 is 2.04 bits per heavy atom. The smallest absolute Gasteiger partial charge is 0.248 e. The number of carbonyl (C=O) groups is 1. The van der Waals surface area contributed by atoms with Gasteiger partial charge in [0.15, 0.2) is 5.82 Å². The van der Waals surface area contributed by atoms with Gasteiger partial charge >= 0.3 is 0 Å². The summed E-state index contributed by atoms with van der Waals surface area (Å²) in [6, 6.07) is 3.99. The largest absolute Gasteiger partial charge is 0.368 e. The van der Waals surface area contributed by atoms with Gasteiger partial charge in [-0.25, -0.2) is 0 Å². The first-order valence-corrected chi connectivity index (χ1v) is 9.56. The van der Waals surface area contributed by atoms with E-state index >= 15 is 0 Å². The third-order valence-electron chi connectivity index (χ3n) is 5.29. The lowest BCUT2D eigenvalue weighted by molar-refractivity contribution is -0.139. The highest BCUT2D eigenvalue weighted by molar-refractivity contribution is 5.77. The van der Waals surface area contributed by atoms with E-state index in [0.29, 0.717) is 0 Å². The molecular weight excluding hydrogens is 316 g/mol. The Hall–Kier alpha value is -1.69. The zero-order valence-corrected chi connectivity index (χ0v) is 15.5. The second kappa shape index (κ2) is 8.61. The van der Waals surface area contributed by atoms with E-state index in [2.05, 4.69) is 22.0 Å². The van der Waals surface area contributed by atoms with Gasteiger partial charge in [-0.15, -0.1) is 5.10 Å². The van der Waals surface area contributed by atoms with E-state index in [1.807, 2.05) is 24.0 Å². The van der Waals surface area contributed by atoms with Gasteiger partial charge in [0.05, 0.1) is 11.8 Å². The molecule has 0 unspecified atom stereocenters. The first-order chi connectivity index (χ1) is 12.1. The maximum Gasteiger partial charge on any atom is 0.248 e. The SMILES string of the molecule is Cc1ccc(N2CCCN(C(=O)CO[C@H]3CCC[C@@H](C)C3)CC2)nn1. The van der Waals surface area contributed by atoms with Gasteiger partial charge in [0.25, 0.3) is 0 Å². The molecule has 1 saturated heterocycles. The van der Waals surface area contributed by atoms with E-state index in [1.54, 1.807) is 0 Å². The Balaban J connectivity index is 1.47. The monoisotopic (exact) mass is 346 g/mol. The van der Waals surface area contributed by atoms with Crippen LogP contribution in [0.15, 0.2) is 12.1 Å². The van der Waals surface area contributed by atoms with Crippen LogP contribution in [0.3, 0.4) is 0 Å². The summed E-state index contributed by atoms with van der Waals surface area (Å²) in [5.41, 5.74) is 0.921. The first kappa shape index (κ1) is 18.1. The number of nitrogens with zero attached hydrogens (tertiary/aromatic N) is 4. The average molecular weight is 346 g/mol. The van der Waals surface area contributed by atoms with Crippen molar-refractivity contribution in [1.29, 1.82) is 0 Å². The number of ether oxygens (including phenoxy) is 1. The summed E-state index contributed by atoms with van der Waals surface area (Å²) >= 11 is 0. The number of carbonyl (C=O) groups excluding carboxylic acids is 1. The molecule has 1 aliphatic carbocycles. The van der Waals surface area contributed by atoms with Crippen molar-refractivity contribution in [1.82, 2.24) is 15.1 Å². The molecule has 0 radical (unpaired) electrons. The molecule has 0 N–H and O–H groups in total. The van der Waals surface area contributed by atoms with Crippen LogP contribution in [0.25, 0.3) is 0 Å². The highest BCUT2D eigenvalue weighted by Crippen LogP contribution is 2.25. The second-order valence-electron chi connectivity index (χ2n) is 7.46. The maximum absolute atomic E-state index is 12.5. The molecule has 6 heteroatoms. The third kappa shape index (κ3) is 5.14. The zero-order valence-electron chi connectivity index (χ0n) is 15.5. The van der Waals surface area contributed by atoms with Crippen molar-refractivity contribution in [3.8, 4) is 0 Å². The Morgan fingerprint density at radius 1 is 1.16 bits per heavy atom. The predicted octanol–water partition coefficient (Wildman–Crippen LogP) is 2.42. The molecule has 0 bridgehead atoms. The molecule has 2 heterocycles. The van der Waals surface area contributed by atoms with Crippen LogP contribution in [-0.2, 0) is 9.53 Å². The van der Waals surface area contributed by atoms with Crippen LogP contribution < -0.4 is 4.90 Å². The predicted molar refractivity (Wildman–Crippen MR) is 97.6 cm³/mol. The van der Waals surface area contributed by atoms with Crippen molar-refractivity contribution >= 4 is 11.7 Å². The number of hydrogen-bond donors (Lipinski definition) is 0. The van der Waals surface area contributed by atoms with Gasteiger partial charge in [-0.1, -0.05) is 19.8 Å². The van der Waals surface area contributed by atoms with Gasteiger partial charge in [0.1, 0.15) is 6.61 Å². The first-order valence-electron chi connectivity index (χ1n) is 9.56. The molecule has 2 atom stereocenters. The van der Waals surface area contributed by atoms with Gasteiger partial charge in [-0.2, -0.15) is 5.10 Å². The molecule has 0 aromatic carbocycles. The van der Waals surface area contributed by atoms with Gasteiger partial charge < -0.3 is 14.5 Å². The minimum absolute atomic E-state index is 0.120. The fourth-order valence-electron chi connectivity index (χ4n) is 3.77. The summed E-state index contributed by atoms with van der Waals surface area (Å²) in [5.74, 6) is 1.73. The van der Waals surface area contributed by atoms with E-state index in [0.717, 1.165) is 62.9 Å². The normalized spacial score (nSPS) is 24.9. The summed E-state index contributed by atoms with van der Waals surface area (Å²) in [5, 5.41) is 8.40. The molecule has 25 heavy (non-hydrogen) atoms. The Labute approximate surface area is 150 Å². The average Bonchev–Trinajstić information content (AvgIpc) is 2.87. The number of aryl methyl sites for hydroxylation is 1. The van der Waals surface area contributed by atoms with Crippen molar-refractivity contribution < 1.29 is 9.53 Å². The van der Waals surface area contributed by atoms with E-state index in [9.17, 15) is 4.79 Å². The quantitative estimate of drug-likeness (QED) is 0.838. The lowest BCUT2D eigenvalue weighted by Gasteiger charge is -2.28. The number of anilines is 1. The summed E-state index contributed by atoms with van der Waals surface area (Å²) in [4.78, 5) is 16.7. The van der Waals surface area contributed by atoms with Crippen molar-refractivity contribution in [3.05, 3.63) is 17.8 Å². The molecule has 0 spiro atoms. The van der Waals surface area contributed by atoms with Crippen molar-refractivity contribution in [2.24, 2.45) is 5.92 Å². The summed E-state index contributed by atoms with van der Waals surface area (Å²) in [6.45, 7) is 7.65. The molecule has 1 amide bonds. The molecule has 1 aromatic heterocycles. The lowest BCUT2D eigenvalue weighted by atomic mass is 9.89.